The molecule has 0 bridgehead atoms. The topological polar surface area (TPSA) is 88.9 Å². The molecule has 0 aliphatic heterocycles. The minimum Gasteiger partial charge on any atom is -0.350 e. The van der Waals surface area contributed by atoms with Crippen molar-refractivity contribution in [2.75, 3.05) is 6.54 Å². The third-order valence-corrected chi connectivity index (χ3v) is 3.95. The lowest BCUT2D eigenvalue weighted by Crippen LogP contribution is -2.37. The summed E-state index contributed by atoms with van der Waals surface area (Å²) in [5.74, 6) is -2.62. The van der Waals surface area contributed by atoms with E-state index in [4.69, 9.17) is 0 Å². The first-order valence-electron chi connectivity index (χ1n) is 8.63. The first-order valence-corrected chi connectivity index (χ1v) is 8.63. The summed E-state index contributed by atoms with van der Waals surface area (Å²) in [4.78, 5) is 24.1. The highest BCUT2D eigenvalue weighted by atomic mass is 19.4. The van der Waals surface area contributed by atoms with E-state index in [-0.39, 0.29) is 12.2 Å². The summed E-state index contributed by atoms with van der Waals surface area (Å²) in [5.41, 5.74) is -1.94. The maximum absolute atomic E-state index is 13.5. The Morgan fingerprint density at radius 2 is 1.73 bits per heavy atom. The Morgan fingerprint density at radius 1 is 1.00 bits per heavy atom. The Hall–Kier alpha value is -3.76. The Labute approximate surface area is 167 Å². The third kappa shape index (κ3) is 4.99. The van der Waals surface area contributed by atoms with Crippen LogP contribution in [0.1, 0.15) is 21.7 Å². The number of nitrogens with zero attached hydrogens (tertiary/aromatic N) is 3. The zero-order valence-corrected chi connectivity index (χ0v) is 15.3. The molecule has 30 heavy (non-hydrogen) atoms. The summed E-state index contributed by atoms with van der Waals surface area (Å²) in [6, 6.07) is 13.2. The molecule has 0 aliphatic carbocycles. The minimum absolute atomic E-state index is 0.194. The average molecular weight is 421 g/mol. The fraction of sp³-hybridized carbons (Fsp3) is 0.158. The second-order valence-corrected chi connectivity index (χ2v) is 6.12. The van der Waals surface area contributed by atoms with Crippen molar-refractivity contribution >= 4 is 11.8 Å². The van der Waals surface area contributed by atoms with Crippen molar-refractivity contribution in [1.29, 1.82) is 0 Å². The molecule has 156 valence electrons. The number of hydrogen-bond donors (Lipinski definition) is 2. The van der Waals surface area contributed by atoms with Gasteiger partial charge < -0.3 is 10.6 Å². The van der Waals surface area contributed by atoms with Crippen LogP contribution >= 0.6 is 0 Å². The molecule has 2 aromatic carbocycles. The van der Waals surface area contributed by atoms with Gasteiger partial charge in [0.15, 0.2) is 11.4 Å². The molecule has 0 aliphatic rings. The number of halogens is 4. The summed E-state index contributed by atoms with van der Waals surface area (Å²) < 4.78 is 54.3. The molecule has 7 nitrogen and oxygen atoms in total. The molecule has 0 saturated carbocycles. The van der Waals surface area contributed by atoms with Crippen molar-refractivity contribution in [1.82, 2.24) is 25.6 Å². The second-order valence-electron chi connectivity index (χ2n) is 6.12. The van der Waals surface area contributed by atoms with E-state index < -0.39 is 41.7 Å². The highest BCUT2D eigenvalue weighted by Crippen LogP contribution is 2.32. The van der Waals surface area contributed by atoms with Crippen LogP contribution in [-0.4, -0.2) is 33.4 Å². The van der Waals surface area contributed by atoms with Gasteiger partial charge >= 0.3 is 6.18 Å². The Kier molecular flexibility index (Phi) is 6.09. The maximum atomic E-state index is 13.5. The fourth-order valence-electron chi connectivity index (χ4n) is 2.58. The largest absolute Gasteiger partial charge is 0.435 e. The first kappa shape index (κ1) is 21.0. The summed E-state index contributed by atoms with van der Waals surface area (Å²) in [6.07, 6.45) is -5.00. The molecule has 3 rings (SSSR count). The van der Waals surface area contributed by atoms with E-state index >= 15 is 0 Å². The van der Waals surface area contributed by atoms with Gasteiger partial charge in [0.1, 0.15) is 5.82 Å². The standard InChI is InChI=1S/C19H15F4N5O2/c20-13-7-4-8-14(9-13)28-17(19(21,22)23)16(26-27-28)18(30)25-11-15(29)24-10-12-5-2-1-3-6-12/h1-9H,10-11H2,(H,24,29)(H,25,30). The van der Waals surface area contributed by atoms with Crippen molar-refractivity contribution in [2.24, 2.45) is 0 Å². The number of aromatic nitrogens is 3. The molecule has 3 aromatic rings. The number of carbonyl (C=O) groups excluding carboxylic acids is 2. The lowest BCUT2D eigenvalue weighted by molar-refractivity contribution is -0.143. The number of carbonyl (C=O) groups is 2. The van der Waals surface area contributed by atoms with Crippen LogP contribution in [0, 0.1) is 5.82 Å². The number of alkyl halides is 3. The molecule has 0 fully saturated rings. The summed E-state index contributed by atoms with van der Waals surface area (Å²) in [5, 5.41) is 11.2. The fourth-order valence-corrected chi connectivity index (χ4v) is 2.58. The molecule has 11 heteroatoms. The quantitative estimate of drug-likeness (QED) is 0.599. The van der Waals surface area contributed by atoms with Crippen molar-refractivity contribution in [3.05, 3.63) is 77.4 Å². The van der Waals surface area contributed by atoms with Gasteiger partial charge in [0.05, 0.1) is 12.2 Å². The van der Waals surface area contributed by atoms with E-state index in [1.807, 2.05) is 0 Å². The van der Waals surface area contributed by atoms with Crippen molar-refractivity contribution < 1.29 is 27.2 Å². The molecule has 2 amide bonds. The van der Waals surface area contributed by atoms with Gasteiger partial charge in [-0.1, -0.05) is 41.6 Å². The smallest absolute Gasteiger partial charge is 0.350 e. The van der Waals surface area contributed by atoms with Crippen LogP contribution in [0.4, 0.5) is 17.6 Å². The molecule has 0 unspecified atom stereocenters. The van der Waals surface area contributed by atoms with E-state index in [0.717, 1.165) is 17.7 Å². The maximum Gasteiger partial charge on any atom is 0.435 e. The second kappa shape index (κ2) is 8.72. The monoisotopic (exact) mass is 421 g/mol. The van der Waals surface area contributed by atoms with Gasteiger partial charge in [-0.05, 0) is 23.8 Å². The van der Waals surface area contributed by atoms with Gasteiger partial charge in [-0.2, -0.15) is 13.2 Å². The molecule has 0 spiro atoms. The van der Waals surface area contributed by atoms with E-state index in [2.05, 4.69) is 20.9 Å². The van der Waals surface area contributed by atoms with Gasteiger partial charge in [-0.25, -0.2) is 9.07 Å². The van der Waals surface area contributed by atoms with Crippen molar-refractivity contribution in [2.45, 2.75) is 12.7 Å². The highest BCUT2D eigenvalue weighted by Gasteiger charge is 2.42. The molecule has 1 aromatic heterocycles. The van der Waals surface area contributed by atoms with Crippen LogP contribution in [0.2, 0.25) is 0 Å². The Bertz CT molecular complexity index is 1050. The molecule has 1 heterocycles. The van der Waals surface area contributed by atoms with Crippen molar-refractivity contribution in [3.63, 3.8) is 0 Å². The van der Waals surface area contributed by atoms with E-state index in [1.54, 1.807) is 30.3 Å². The molecule has 2 N–H and O–H groups in total. The van der Waals surface area contributed by atoms with E-state index in [1.165, 1.54) is 12.1 Å². The zero-order chi connectivity index (χ0) is 21.7. The first-order chi connectivity index (χ1) is 14.3. The Balaban J connectivity index is 1.72. The number of benzene rings is 2. The van der Waals surface area contributed by atoms with Crippen LogP contribution in [0.15, 0.2) is 54.6 Å². The van der Waals surface area contributed by atoms with Gasteiger partial charge in [-0.15, -0.1) is 5.10 Å². The van der Waals surface area contributed by atoms with Crippen molar-refractivity contribution in [3.8, 4) is 5.69 Å². The SMILES string of the molecule is O=C(CNC(=O)c1nnn(-c2cccc(F)c2)c1C(F)(F)F)NCc1ccccc1. The number of rotatable bonds is 6. The lowest BCUT2D eigenvalue weighted by atomic mass is 10.2. The molecular formula is C19H15F4N5O2. The predicted octanol–water partition coefficient (Wildman–Crippen LogP) is 2.47. The van der Waals surface area contributed by atoms with Crippen LogP contribution in [0.25, 0.3) is 5.69 Å². The molecular weight excluding hydrogens is 406 g/mol. The predicted molar refractivity (Wildman–Crippen MR) is 96.9 cm³/mol. The zero-order valence-electron chi connectivity index (χ0n) is 15.3. The normalized spacial score (nSPS) is 11.2. The van der Waals surface area contributed by atoms with Gasteiger partial charge in [0, 0.05) is 6.54 Å². The summed E-state index contributed by atoms with van der Waals surface area (Å²) in [7, 11) is 0. The number of nitrogens with one attached hydrogen (secondary N) is 2. The van der Waals surface area contributed by atoms with E-state index in [0.29, 0.717) is 4.68 Å². The van der Waals surface area contributed by atoms with Crippen LogP contribution in [-0.2, 0) is 17.5 Å². The number of hydrogen-bond acceptors (Lipinski definition) is 4. The molecule has 0 saturated heterocycles. The van der Waals surface area contributed by atoms with Gasteiger partial charge in [0.2, 0.25) is 5.91 Å². The Morgan fingerprint density at radius 3 is 2.40 bits per heavy atom. The lowest BCUT2D eigenvalue weighted by Gasteiger charge is -2.11. The summed E-state index contributed by atoms with van der Waals surface area (Å²) >= 11 is 0. The average Bonchev–Trinajstić information content (AvgIpc) is 3.17. The molecule has 0 radical (unpaired) electrons. The van der Waals surface area contributed by atoms with Gasteiger partial charge in [-0.3, -0.25) is 9.59 Å². The van der Waals surface area contributed by atoms with Gasteiger partial charge in [0.25, 0.3) is 5.91 Å². The molecule has 0 atom stereocenters. The van der Waals surface area contributed by atoms with Crippen LogP contribution < -0.4 is 10.6 Å². The third-order valence-electron chi connectivity index (χ3n) is 3.95. The number of amides is 2. The van der Waals surface area contributed by atoms with E-state index in [9.17, 15) is 27.2 Å². The van der Waals surface area contributed by atoms with Crippen LogP contribution in [0.5, 0.6) is 0 Å². The highest BCUT2D eigenvalue weighted by molar-refractivity contribution is 5.96. The summed E-state index contributed by atoms with van der Waals surface area (Å²) in [6.45, 7) is -0.366. The minimum atomic E-state index is -5.00. The van der Waals surface area contributed by atoms with Crippen LogP contribution in [0.3, 0.4) is 0 Å².